The molecule has 1 aromatic heterocycles. The Morgan fingerprint density at radius 2 is 2.38 bits per heavy atom. The van der Waals surface area contributed by atoms with Crippen molar-refractivity contribution in [2.45, 2.75) is 6.42 Å². The van der Waals surface area contributed by atoms with Crippen LogP contribution in [0.15, 0.2) is 12.3 Å². The van der Waals surface area contributed by atoms with Crippen LogP contribution in [0.2, 0.25) is 0 Å². The van der Waals surface area contributed by atoms with Crippen molar-refractivity contribution in [3.05, 3.63) is 23.5 Å². The number of H-pyrrole nitrogens is 1. The van der Waals surface area contributed by atoms with Gasteiger partial charge in [-0.3, -0.25) is 9.59 Å². The number of carbonyl (C=O) groups excluding carboxylic acids is 2. The molecular formula is C10H11N3O3. The van der Waals surface area contributed by atoms with E-state index in [0.29, 0.717) is 11.3 Å². The number of rotatable bonds is 4. The van der Waals surface area contributed by atoms with Gasteiger partial charge in [0.05, 0.1) is 19.1 Å². The standard InChI is InChI=1S/C10H11N3O3/c1-16-9(14)2-3-12-10(15)8-4-7(5-11)6-13-8/h4,6,13H,2-3H2,1H3,(H,12,15). The van der Waals surface area contributed by atoms with Gasteiger partial charge in [0.25, 0.3) is 5.91 Å². The molecule has 6 nitrogen and oxygen atoms in total. The van der Waals surface area contributed by atoms with E-state index < -0.39 is 0 Å². The van der Waals surface area contributed by atoms with Crippen molar-refractivity contribution in [3.8, 4) is 6.07 Å². The lowest BCUT2D eigenvalue weighted by Gasteiger charge is -2.02. The third-order valence-corrected chi connectivity index (χ3v) is 1.90. The molecule has 0 atom stereocenters. The summed E-state index contributed by atoms with van der Waals surface area (Å²) in [5.74, 6) is -0.741. The highest BCUT2D eigenvalue weighted by Crippen LogP contribution is 2.01. The molecule has 0 fully saturated rings. The molecule has 0 radical (unpaired) electrons. The molecule has 0 aliphatic heterocycles. The maximum absolute atomic E-state index is 11.4. The van der Waals surface area contributed by atoms with Crippen LogP contribution >= 0.6 is 0 Å². The van der Waals surface area contributed by atoms with Gasteiger partial charge in [-0.15, -0.1) is 0 Å². The van der Waals surface area contributed by atoms with Crippen LogP contribution in [0.1, 0.15) is 22.5 Å². The molecule has 2 N–H and O–H groups in total. The van der Waals surface area contributed by atoms with Gasteiger partial charge in [0, 0.05) is 12.7 Å². The monoisotopic (exact) mass is 221 g/mol. The summed E-state index contributed by atoms with van der Waals surface area (Å²) in [7, 11) is 1.29. The van der Waals surface area contributed by atoms with E-state index >= 15 is 0 Å². The van der Waals surface area contributed by atoms with E-state index in [2.05, 4.69) is 15.0 Å². The van der Waals surface area contributed by atoms with Gasteiger partial charge < -0.3 is 15.0 Å². The average Bonchev–Trinajstić information content (AvgIpc) is 2.77. The Morgan fingerprint density at radius 3 is 2.94 bits per heavy atom. The first-order chi connectivity index (χ1) is 7.67. The third kappa shape index (κ3) is 3.13. The van der Waals surface area contributed by atoms with Crippen molar-refractivity contribution < 1.29 is 14.3 Å². The summed E-state index contributed by atoms with van der Waals surface area (Å²) in [6, 6.07) is 3.34. The number of aromatic amines is 1. The van der Waals surface area contributed by atoms with E-state index in [4.69, 9.17) is 5.26 Å². The second-order valence-electron chi connectivity index (χ2n) is 3.00. The lowest BCUT2D eigenvalue weighted by atomic mass is 10.3. The van der Waals surface area contributed by atoms with Crippen LogP contribution in [0.3, 0.4) is 0 Å². The highest BCUT2D eigenvalue weighted by atomic mass is 16.5. The van der Waals surface area contributed by atoms with E-state index in [1.807, 2.05) is 6.07 Å². The quantitative estimate of drug-likeness (QED) is 0.709. The topological polar surface area (TPSA) is 95.0 Å². The van der Waals surface area contributed by atoms with Crippen LogP contribution < -0.4 is 5.32 Å². The molecule has 1 rings (SSSR count). The second-order valence-corrected chi connectivity index (χ2v) is 3.00. The zero-order chi connectivity index (χ0) is 12.0. The largest absolute Gasteiger partial charge is 0.469 e. The van der Waals surface area contributed by atoms with Gasteiger partial charge in [0.2, 0.25) is 0 Å². The minimum Gasteiger partial charge on any atom is -0.469 e. The van der Waals surface area contributed by atoms with Crippen LogP contribution in [0.25, 0.3) is 0 Å². The highest BCUT2D eigenvalue weighted by Gasteiger charge is 2.08. The fraction of sp³-hybridized carbons (Fsp3) is 0.300. The Morgan fingerprint density at radius 1 is 1.62 bits per heavy atom. The Balaban J connectivity index is 2.41. The van der Waals surface area contributed by atoms with Crippen molar-refractivity contribution in [1.82, 2.24) is 10.3 Å². The fourth-order valence-corrected chi connectivity index (χ4v) is 1.07. The number of esters is 1. The molecule has 1 heterocycles. The van der Waals surface area contributed by atoms with Crippen LogP contribution in [-0.2, 0) is 9.53 Å². The van der Waals surface area contributed by atoms with E-state index in [9.17, 15) is 9.59 Å². The number of ether oxygens (including phenoxy) is 1. The molecule has 6 heteroatoms. The van der Waals surface area contributed by atoms with E-state index in [0.717, 1.165) is 0 Å². The molecule has 1 amide bonds. The molecule has 84 valence electrons. The number of methoxy groups -OCH3 is 1. The van der Waals surface area contributed by atoms with Crippen LogP contribution in [-0.4, -0.2) is 30.5 Å². The predicted octanol–water partition coefficient (Wildman–Crippen LogP) is 0.179. The number of nitriles is 1. The minimum atomic E-state index is -0.385. The molecule has 0 aliphatic rings. The van der Waals surface area contributed by atoms with Crippen LogP contribution in [0, 0.1) is 11.3 Å². The maximum atomic E-state index is 11.4. The summed E-state index contributed by atoms with van der Waals surface area (Å²) < 4.78 is 4.42. The van der Waals surface area contributed by atoms with E-state index in [1.165, 1.54) is 19.4 Å². The third-order valence-electron chi connectivity index (χ3n) is 1.90. The zero-order valence-corrected chi connectivity index (χ0v) is 8.74. The molecule has 1 aromatic rings. The van der Waals surface area contributed by atoms with Gasteiger partial charge >= 0.3 is 5.97 Å². The first kappa shape index (κ1) is 11.8. The number of hydrogen-bond acceptors (Lipinski definition) is 4. The first-order valence-electron chi connectivity index (χ1n) is 4.61. The Labute approximate surface area is 92.2 Å². The van der Waals surface area contributed by atoms with Crippen LogP contribution in [0.4, 0.5) is 0 Å². The summed E-state index contributed by atoms with van der Waals surface area (Å²) in [6.45, 7) is 0.201. The van der Waals surface area contributed by atoms with E-state index in [-0.39, 0.29) is 24.8 Å². The van der Waals surface area contributed by atoms with Gasteiger partial charge in [-0.1, -0.05) is 0 Å². The smallest absolute Gasteiger partial charge is 0.307 e. The maximum Gasteiger partial charge on any atom is 0.307 e. The van der Waals surface area contributed by atoms with Crippen LogP contribution in [0.5, 0.6) is 0 Å². The van der Waals surface area contributed by atoms with Gasteiger partial charge in [-0.05, 0) is 6.07 Å². The first-order valence-corrected chi connectivity index (χ1v) is 4.61. The van der Waals surface area contributed by atoms with Crippen molar-refractivity contribution >= 4 is 11.9 Å². The summed E-state index contributed by atoms with van der Waals surface area (Å²) >= 11 is 0. The van der Waals surface area contributed by atoms with E-state index in [1.54, 1.807) is 0 Å². The van der Waals surface area contributed by atoms with Gasteiger partial charge in [-0.25, -0.2) is 0 Å². The number of carbonyl (C=O) groups is 2. The fourth-order valence-electron chi connectivity index (χ4n) is 1.07. The summed E-state index contributed by atoms with van der Waals surface area (Å²) in [6.07, 6.45) is 1.56. The van der Waals surface area contributed by atoms with Crippen molar-refractivity contribution in [2.75, 3.05) is 13.7 Å². The molecule has 0 spiro atoms. The molecule has 0 unspecified atom stereocenters. The van der Waals surface area contributed by atoms with Crippen molar-refractivity contribution in [1.29, 1.82) is 5.26 Å². The lowest BCUT2D eigenvalue weighted by Crippen LogP contribution is -2.26. The molecule has 16 heavy (non-hydrogen) atoms. The summed E-state index contributed by atoms with van der Waals surface area (Å²) in [5, 5.41) is 11.1. The molecular weight excluding hydrogens is 210 g/mol. The molecule has 0 bridgehead atoms. The predicted molar refractivity (Wildman–Crippen MR) is 54.5 cm³/mol. The van der Waals surface area contributed by atoms with Gasteiger partial charge in [0.15, 0.2) is 0 Å². The SMILES string of the molecule is COC(=O)CCNC(=O)c1cc(C#N)c[nH]1. The number of aromatic nitrogens is 1. The van der Waals surface area contributed by atoms with Gasteiger partial charge in [-0.2, -0.15) is 5.26 Å². The lowest BCUT2D eigenvalue weighted by molar-refractivity contribution is -0.140. The zero-order valence-electron chi connectivity index (χ0n) is 8.74. The number of amides is 1. The number of hydrogen-bond donors (Lipinski definition) is 2. The summed E-state index contributed by atoms with van der Waals surface area (Å²) in [4.78, 5) is 24.9. The summed E-state index contributed by atoms with van der Waals surface area (Å²) in [5.41, 5.74) is 0.680. The molecule has 0 saturated heterocycles. The average molecular weight is 221 g/mol. The van der Waals surface area contributed by atoms with Crippen molar-refractivity contribution in [2.24, 2.45) is 0 Å². The minimum absolute atomic E-state index is 0.119. The Kier molecular flexibility index (Phi) is 4.09. The Hall–Kier alpha value is -2.29. The van der Waals surface area contributed by atoms with Crippen molar-refractivity contribution in [3.63, 3.8) is 0 Å². The normalized spacial score (nSPS) is 9.25. The van der Waals surface area contributed by atoms with Gasteiger partial charge in [0.1, 0.15) is 11.8 Å². The second kappa shape index (κ2) is 5.56. The number of nitrogens with one attached hydrogen (secondary N) is 2. The number of nitrogens with zero attached hydrogens (tertiary/aromatic N) is 1. The molecule has 0 aliphatic carbocycles. The Bertz CT molecular complexity index is 431. The molecule has 0 saturated carbocycles. The molecule has 0 aromatic carbocycles. The highest BCUT2D eigenvalue weighted by molar-refractivity contribution is 5.93.